The highest BCUT2D eigenvalue weighted by atomic mass is 35.5. The van der Waals surface area contributed by atoms with Crippen LogP contribution >= 0.6 is 11.6 Å². The summed E-state index contributed by atoms with van der Waals surface area (Å²) in [6.07, 6.45) is 1.16. The molecule has 0 aliphatic carbocycles. The number of rotatable bonds is 2. The molecule has 0 radical (unpaired) electrons. The molecule has 0 unspecified atom stereocenters. The van der Waals surface area contributed by atoms with Gasteiger partial charge < -0.3 is 15.1 Å². The van der Waals surface area contributed by atoms with Crippen molar-refractivity contribution in [3.63, 3.8) is 0 Å². The molecule has 23 heavy (non-hydrogen) atoms. The van der Waals surface area contributed by atoms with Crippen LogP contribution in [0.2, 0.25) is 5.02 Å². The van der Waals surface area contributed by atoms with E-state index in [0.717, 1.165) is 25.1 Å². The van der Waals surface area contributed by atoms with E-state index < -0.39 is 0 Å². The van der Waals surface area contributed by atoms with E-state index >= 15 is 0 Å². The Morgan fingerprint density at radius 2 is 1.91 bits per heavy atom. The Morgan fingerprint density at radius 3 is 2.57 bits per heavy atom. The Bertz CT molecular complexity index is 716. The normalized spacial score (nSPS) is 21.4. The fraction of sp³-hybridized carbons (Fsp3) is 0.389. The number of carbonyl (C=O) groups excluding carboxylic acids is 1. The molecular weight excluding hydrogens is 312 g/mol. The first kappa shape index (κ1) is 15.9. The number of carbonyl (C=O) groups is 1. The number of furan rings is 1. The molecule has 122 valence electrons. The molecule has 3 rings (SSSR count). The predicted molar refractivity (Wildman–Crippen MR) is 92.4 cm³/mol. The van der Waals surface area contributed by atoms with Gasteiger partial charge in [0, 0.05) is 18.7 Å². The molecule has 4 nitrogen and oxygen atoms in total. The molecule has 1 aromatic carbocycles. The lowest BCUT2D eigenvalue weighted by Crippen LogP contribution is -2.42. The maximum atomic E-state index is 12.6. The van der Waals surface area contributed by atoms with Crippen molar-refractivity contribution in [2.75, 3.05) is 18.8 Å². The van der Waals surface area contributed by atoms with E-state index in [1.807, 2.05) is 11.0 Å². The summed E-state index contributed by atoms with van der Waals surface area (Å²) >= 11 is 5.94. The molecule has 0 saturated carbocycles. The summed E-state index contributed by atoms with van der Waals surface area (Å²) in [7, 11) is 0. The number of benzene rings is 1. The van der Waals surface area contributed by atoms with Gasteiger partial charge in [-0.1, -0.05) is 25.4 Å². The molecule has 2 atom stereocenters. The minimum absolute atomic E-state index is 0.0448. The van der Waals surface area contributed by atoms with Crippen LogP contribution in [0.15, 0.2) is 34.7 Å². The van der Waals surface area contributed by atoms with Gasteiger partial charge in [-0.25, -0.2) is 0 Å². The number of anilines is 1. The number of amides is 1. The van der Waals surface area contributed by atoms with E-state index in [-0.39, 0.29) is 5.91 Å². The molecule has 1 saturated heterocycles. The topological polar surface area (TPSA) is 59.5 Å². The number of hydrogen-bond donors (Lipinski definition) is 1. The van der Waals surface area contributed by atoms with Crippen molar-refractivity contribution in [1.29, 1.82) is 0 Å². The Labute approximate surface area is 141 Å². The molecule has 0 bridgehead atoms. The molecule has 0 spiro atoms. The first-order chi connectivity index (χ1) is 10.9. The molecule has 1 aromatic heterocycles. The molecule has 1 aliphatic rings. The standard InChI is InChI=1S/C18H21ClN2O2/c1-11-7-12(2)10-21(9-11)18(22)17-6-5-16(23-17)13-3-4-14(19)15(20)8-13/h3-6,8,11-12H,7,9-10,20H2,1-2H3/t11-,12+. The second-order valence-corrected chi connectivity index (χ2v) is 6.96. The maximum absolute atomic E-state index is 12.6. The van der Waals surface area contributed by atoms with Gasteiger partial charge in [-0.3, -0.25) is 4.79 Å². The molecule has 1 aliphatic heterocycles. The minimum Gasteiger partial charge on any atom is -0.451 e. The third kappa shape index (κ3) is 3.37. The Balaban J connectivity index is 1.81. The molecule has 2 N–H and O–H groups in total. The van der Waals surface area contributed by atoms with Crippen LogP contribution in [0.3, 0.4) is 0 Å². The molecule has 2 aromatic rings. The first-order valence-electron chi connectivity index (χ1n) is 7.88. The zero-order valence-corrected chi connectivity index (χ0v) is 14.1. The summed E-state index contributed by atoms with van der Waals surface area (Å²) in [6, 6.07) is 8.83. The van der Waals surface area contributed by atoms with Gasteiger partial charge in [0.15, 0.2) is 5.76 Å². The number of piperidine rings is 1. The second-order valence-electron chi connectivity index (χ2n) is 6.56. The lowest BCUT2D eigenvalue weighted by molar-refractivity contribution is 0.0592. The van der Waals surface area contributed by atoms with E-state index in [1.165, 1.54) is 0 Å². The van der Waals surface area contributed by atoms with Gasteiger partial charge in [0.25, 0.3) is 5.91 Å². The number of nitrogens with two attached hydrogens (primary N) is 1. The molecule has 5 heteroatoms. The lowest BCUT2D eigenvalue weighted by atomic mass is 9.92. The van der Waals surface area contributed by atoms with Crippen molar-refractivity contribution in [2.45, 2.75) is 20.3 Å². The SMILES string of the molecule is C[C@@H]1C[C@H](C)CN(C(=O)c2ccc(-c3ccc(Cl)c(N)c3)o2)C1. The smallest absolute Gasteiger partial charge is 0.289 e. The van der Waals surface area contributed by atoms with Crippen LogP contribution in [0.25, 0.3) is 11.3 Å². The van der Waals surface area contributed by atoms with Gasteiger partial charge in [0.1, 0.15) is 5.76 Å². The van der Waals surface area contributed by atoms with Crippen LogP contribution in [0.4, 0.5) is 5.69 Å². The van der Waals surface area contributed by atoms with E-state index in [0.29, 0.717) is 34.1 Å². The van der Waals surface area contributed by atoms with E-state index in [1.54, 1.807) is 24.3 Å². The van der Waals surface area contributed by atoms with Crippen LogP contribution in [-0.2, 0) is 0 Å². The quantitative estimate of drug-likeness (QED) is 0.834. The average molecular weight is 333 g/mol. The maximum Gasteiger partial charge on any atom is 0.289 e. The summed E-state index contributed by atoms with van der Waals surface area (Å²) < 4.78 is 5.76. The van der Waals surface area contributed by atoms with Crippen molar-refractivity contribution >= 4 is 23.2 Å². The molecular formula is C18H21ClN2O2. The third-order valence-electron chi connectivity index (χ3n) is 4.25. The first-order valence-corrected chi connectivity index (χ1v) is 8.26. The fourth-order valence-electron chi connectivity index (χ4n) is 3.29. The van der Waals surface area contributed by atoms with Crippen LogP contribution < -0.4 is 5.73 Å². The van der Waals surface area contributed by atoms with Gasteiger partial charge in [0.05, 0.1) is 10.7 Å². The summed E-state index contributed by atoms with van der Waals surface area (Å²) in [5.41, 5.74) is 7.13. The van der Waals surface area contributed by atoms with Gasteiger partial charge in [-0.15, -0.1) is 0 Å². The molecule has 1 fully saturated rings. The number of halogens is 1. The number of likely N-dealkylation sites (tertiary alicyclic amines) is 1. The zero-order chi connectivity index (χ0) is 16.6. The predicted octanol–water partition coefficient (Wildman–Crippen LogP) is 4.30. The monoisotopic (exact) mass is 332 g/mol. The second kappa shape index (κ2) is 6.28. The highest BCUT2D eigenvalue weighted by Crippen LogP contribution is 2.29. The third-order valence-corrected chi connectivity index (χ3v) is 4.60. The number of hydrogen-bond acceptors (Lipinski definition) is 3. The molecule has 1 amide bonds. The van der Waals surface area contributed by atoms with E-state index in [4.69, 9.17) is 21.8 Å². The summed E-state index contributed by atoms with van der Waals surface area (Å²) in [4.78, 5) is 14.5. The molecule has 2 heterocycles. The van der Waals surface area contributed by atoms with Crippen molar-refractivity contribution < 1.29 is 9.21 Å². The summed E-state index contributed by atoms with van der Waals surface area (Å²) in [6.45, 7) is 5.93. The van der Waals surface area contributed by atoms with E-state index in [9.17, 15) is 4.79 Å². The van der Waals surface area contributed by atoms with Gasteiger partial charge in [-0.2, -0.15) is 0 Å². The fourth-order valence-corrected chi connectivity index (χ4v) is 3.41. The van der Waals surface area contributed by atoms with Gasteiger partial charge in [-0.05, 0) is 48.6 Å². The van der Waals surface area contributed by atoms with Crippen molar-refractivity contribution in [2.24, 2.45) is 11.8 Å². The van der Waals surface area contributed by atoms with Crippen LogP contribution in [0, 0.1) is 11.8 Å². The van der Waals surface area contributed by atoms with Gasteiger partial charge in [0.2, 0.25) is 0 Å². The van der Waals surface area contributed by atoms with Crippen LogP contribution in [-0.4, -0.2) is 23.9 Å². The van der Waals surface area contributed by atoms with Gasteiger partial charge >= 0.3 is 0 Å². The Hall–Kier alpha value is -1.94. The van der Waals surface area contributed by atoms with Crippen LogP contribution in [0.1, 0.15) is 30.8 Å². The minimum atomic E-state index is -0.0448. The van der Waals surface area contributed by atoms with Crippen molar-refractivity contribution in [3.05, 3.63) is 41.1 Å². The van der Waals surface area contributed by atoms with Crippen molar-refractivity contribution in [3.8, 4) is 11.3 Å². The Kier molecular flexibility index (Phi) is 4.35. The number of nitrogen functional groups attached to an aromatic ring is 1. The Morgan fingerprint density at radius 1 is 1.22 bits per heavy atom. The lowest BCUT2D eigenvalue weighted by Gasteiger charge is -2.34. The van der Waals surface area contributed by atoms with E-state index in [2.05, 4.69) is 13.8 Å². The highest BCUT2D eigenvalue weighted by Gasteiger charge is 2.27. The number of nitrogens with zero attached hydrogens (tertiary/aromatic N) is 1. The highest BCUT2D eigenvalue weighted by molar-refractivity contribution is 6.33. The van der Waals surface area contributed by atoms with Crippen molar-refractivity contribution in [1.82, 2.24) is 4.90 Å². The largest absolute Gasteiger partial charge is 0.451 e. The zero-order valence-electron chi connectivity index (χ0n) is 13.4. The average Bonchev–Trinajstić information content (AvgIpc) is 2.98. The van der Waals surface area contributed by atoms with Crippen LogP contribution in [0.5, 0.6) is 0 Å². The summed E-state index contributed by atoms with van der Waals surface area (Å²) in [5, 5.41) is 0.507. The summed E-state index contributed by atoms with van der Waals surface area (Å²) in [5.74, 6) is 1.99.